The summed E-state index contributed by atoms with van der Waals surface area (Å²) in [5.74, 6) is 1.03. The van der Waals surface area contributed by atoms with Crippen LogP contribution in [-0.2, 0) is 0 Å². The van der Waals surface area contributed by atoms with Gasteiger partial charge >= 0.3 is 0 Å². The summed E-state index contributed by atoms with van der Waals surface area (Å²) in [4.78, 5) is 18.1. The molecule has 1 amide bonds. The molecular formula is C8H13N3O. The molecule has 0 bridgehead atoms. The van der Waals surface area contributed by atoms with Crippen LogP contribution < -0.4 is 5.32 Å². The lowest BCUT2D eigenvalue weighted by Crippen LogP contribution is -2.18. The average Bonchev–Trinajstić information content (AvgIpc) is 2.51. The van der Waals surface area contributed by atoms with Gasteiger partial charge in [-0.3, -0.25) is 4.79 Å². The number of hydrogen-bond donors (Lipinski definition) is 2. The summed E-state index contributed by atoms with van der Waals surface area (Å²) in [6.45, 7) is 4.04. The third-order valence-corrected chi connectivity index (χ3v) is 1.61. The Morgan fingerprint density at radius 3 is 2.75 bits per heavy atom. The predicted molar refractivity (Wildman–Crippen MR) is 46.1 cm³/mol. The maximum Gasteiger partial charge on any atom is 0.269 e. The standard InChI is InChI=1S/C8H13N3O/c1-5(2)7-10-4-6(11-7)8(12)9-3/h4-5H,1-3H3,(H,9,12)(H,10,11). The number of imidazole rings is 1. The molecular weight excluding hydrogens is 154 g/mol. The van der Waals surface area contributed by atoms with Gasteiger partial charge in [0.05, 0.1) is 6.20 Å². The molecule has 4 heteroatoms. The van der Waals surface area contributed by atoms with E-state index in [-0.39, 0.29) is 5.91 Å². The molecule has 4 nitrogen and oxygen atoms in total. The van der Waals surface area contributed by atoms with E-state index in [4.69, 9.17) is 0 Å². The van der Waals surface area contributed by atoms with Crippen molar-refractivity contribution in [1.29, 1.82) is 0 Å². The molecule has 1 aromatic rings. The molecule has 66 valence electrons. The van der Waals surface area contributed by atoms with Gasteiger partial charge in [-0.15, -0.1) is 0 Å². The molecule has 2 N–H and O–H groups in total. The van der Waals surface area contributed by atoms with E-state index in [9.17, 15) is 4.79 Å². The number of carbonyl (C=O) groups excluding carboxylic acids is 1. The van der Waals surface area contributed by atoms with Gasteiger partial charge < -0.3 is 10.3 Å². The zero-order chi connectivity index (χ0) is 9.14. The van der Waals surface area contributed by atoms with E-state index in [1.165, 1.54) is 0 Å². The Morgan fingerprint density at radius 2 is 2.33 bits per heavy atom. The number of amides is 1. The minimum atomic E-state index is -0.130. The highest BCUT2D eigenvalue weighted by atomic mass is 16.1. The van der Waals surface area contributed by atoms with Crippen molar-refractivity contribution in [2.45, 2.75) is 19.8 Å². The number of hydrogen-bond acceptors (Lipinski definition) is 2. The summed E-state index contributed by atoms with van der Waals surface area (Å²) in [5, 5.41) is 2.52. The summed E-state index contributed by atoms with van der Waals surface area (Å²) in [6.07, 6.45) is 1.55. The van der Waals surface area contributed by atoms with Crippen molar-refractivity contribution in [2.75, 3.05) is 7.05 Å². The summed E-state index contributed by atoms with van der Waals surface area (Å²) in [7, 11) is 1.60. The van der Waals surface area contributed by atoms with Crippen LogP contribution >= 0.6 is 0 Å². The second kappa shape index (κ2) is 3.38. The van der Waals surface area contributed by atoms with E-state index in [0.717, 1.165) is 5.82 Å². The van der Waals surface area contributed by atoms with Gasteiger partial charge in [0.1, 0.15) is 11.5 Å². The molecule has 0 saturated carbocycles. The van der Waals surface area contributed by atoms with Crippen LogP contribution in [0.3, 0.4) is 0 Å². The van der Waals surface area contributed by atoms with E-state index >= 15 is 0 Å². The number of rotatable bonds is 2. The third kappa shape index (κ3) is 1.64. The zero-order valence-electron chi connectivity index (χ0n) is 7.51. The first-order valence-corrected chi connectivity index (χ1v) is 3.92. The number of H-pyrrole nitrogens is 1. The molecule has 0 radical (unpaired) electrons. The van der Waals surface area contributed by atoms with Crippen LogP contribution in [0.1, 0.15) is 36.1 Å². The molecule has 0 aliphatic carbocycles. The largest absolute Gasteiger partial charge is 0.354 e. The topological polar surface area (TPSA) is 57.8 Å². The summed E-state index contributed by atoms with van der Waals surface area (Å²) >= 11 is 0. The molecule has 0 fully saturated rings. The van der Waals surface area contributed by atoms with Gasteiger partial charge in [-0.25, -0.2) is 4.98 Å². The Balaban J connectivity index is 2.84. The fraction of sp³-hybridized carbons (Fsp3) is 0.500. The second-order valence-electron chi connectivity index (χ2n) is 2.92. The monoisotopic (exact) mass is 167 g/mol. The van der Waals surface area contributed by atoms with Crippen LogP contribution in [-0.4, -0.2) is 22.9 Å². The predicted octanol–water partition coefficient (Wildman–Crippen LogP) is 0.893. The molecule has 0 aliphatic heterocycles. The van der Waals surface area contributed by atoms with Crippen molar-refractivity contribution in [3.63, 3.8) is 0 Å². The van der Waals surface area contributed by atoms with Crippen LogP contribution in [0, 0.1) is 0 Å². The van der Waals surface area contributed by atoms with E-state index < -0.39 is 0 Å². The maximum absolute atomic E-state index is 11.1. The number of nitrogens with zero attached hydrogens (tertiary/aromatic N) is 1. The van der Waals surface area contributed by atoms with Crippen LogP contribution in [0.25, 0.3) is 0 Å². The minimum absolute atomic E-state index is 0.130. The second-order valence-corrected chi connectivity index (χ2v) is 2.92. The van der Waals surface area contributed by atoms with Crippen LogP contribution in [0.5, 0.6) is 0 Å². The summed E-state index contributed by atoms with van der Waals surface area (Å²) in [6, 6.07) is 0. The Bertz CT molecular complexity index is 278. The maximum atomic E-state index is 11.1. The van der Waals surface area contributed by atoms with Crippen molar-refractivity contribution < 1.29 is 4.79 Å². The van der Waals surface area contributed by atoms with Crippen LogP contribution in [0.15, 0.2) is 6.20 Å². The van der Waals surface area contributed by atoms with Crippen molar-refractivity contribution in [2.24, 2.45) is 0 Å². The first kappa shape index (κ1) is 8.77. The van der Waals surface area contributed by atoms with Crippen LogP contribution in [0.4, 0.5) is 0 Å². The van der Waals surface area contributed by atoms with Crippen molar-refractivity contribution >= 4 is 5.91 Å². The Labute approximate surface area is 71.4 Å². The number of aromatic amines is 1. The number of aromatic nitrogens is 2. The highest BCUT2D eigenvalue weighted by Crippen LogP contribution is 2.08. The van der Waals surface area contributed by atoms with Gasteiger partial charge in [-0.05, 0) is 0 Å². The molecule has 1 rings (SSSR count). The smallest absolute Gasteiger partial charge is 0.269 e. The summed E-state index contributed by atoms with van der Waals surface area (Å²) in [5.41, 5.74) is 0.515. The average molecular weight is 167 g/mol. The van der Waals surface area contributed by atoms with Gasteiger partial charge in [-0.2, -0.15) is 0 Å². The van der Waals surface area contributed by atoms with Crippen molar-refractivity contribution in [3.8, 4) is 0 Å². The number of nitrogens with one attached hydrogen (secondary N) is 2. The molecule has 0 spiro atoms. The molecule has 0 saturated heterocycles. The van der Waals surface area contributed by atoms with Crippen molar-refractivity contribution in [3.05, 3.63) is 17.7 Å². The fourth-order valence-electron chi connectivity index (χ4n) is 0.880. The zero-order valence-corrected chi connectivity index (χ0v) is 7.51. The molecule has 1 heterocycles. The van der Waals surface area contributed by atoms with Gasteiger partial charge in [0.2, 0.25) is 0 Å². The number of carbonyl (C=O) groups is 1. The molecule has 0 atom stereocenters. The summed E-state index contributed by atoms with van der Waals surface area (Å²) < 4.78 is 0. The lowest BCUT2D eigenvalue weighted by molar-refractivity contribution is 0.0958. The lowest BCUT2D eigenvalue weighted by atomic mass is 10.2. The molecule has 0 aromatic carbocycles. The SMILES string of the molecule is CNC(=O)c1cnc(C(C)C)[nH]1. The molecule has 0 aliphatic rings. The third-order valence-electron chi connectivity index (χ3n) is 1.61. The van der Waals surface area contributed by atoms with E-state index in [0.29, 0.717) is 11.6 Å². The highest BCUT2D eigenvalue weighted by molar-refractivity contribution is 5.91. The van der Waals surface area contributed by atoms with E-state index in [1.54, 1.807) is 13.2 Å². The molecule has 0 unspecified atom stereocenters. The minimum Gasteiger partial charge on any atom is -0.354 e. The first-order chi connectivity index (χ1) is 5.65. The normalized spacial score (nSPS) is 10.3. The molecule has 1 aromatic heterocycles. The first-order valence-electron chi connectivity index (χ1n) is 3.92. The Morgan fingerprint density at radius 1 is 1.67 bits per heavy atom. The van der Waals surface area contributed by atoms with Gasteiger partial charge in [0.25, 0.3) is 5.91 Å². The van der Waals surface area contributed by atoms with E-state index in [2.05, 4.69) is 15.3 Å². The van der Waals surface area contributed by atoms with Crippen molar-refractivity contribution in [1.82, 2.24) is 15.3 Å². The lowest BCUT2D eigenvalue weighted by Gasteiger charge is -1.97. The van der Waals surface area contributed by atoms with E-state index in [1.807, 2.05) is 13.8 Å². The van der Waals surface area contributed by atoms with Gasteiger partial charge in [0.15, 0.2) is 0 Å². The highest BCUT2D eigenvalue weighted by Gasteiger charge is 2.08. The Hall–Kier alpha value is -1.32. The fourth-order valence-corrected chi connectivity index (χ4v) is 0.880. The van der Waals surface area contributed by atoms with Gasteiger partial charge in [-0.1, -0.05) is 13.8 Å². The van der Waals surface area contributed by atoms with Crippen LogP contribution in [0.2, 0.25) is 0 Å². The van der Waals surface area contributed by atoms with Gasteiger partial charge in [0, 0.05) is 13.0 Å². The Kier molecular flexibility index (Phi) is 2.47. The quantitative estimate of drug-likeness (QED) is 0.687. The molecule has 12 heavy (non-hydrogen) atoms.